The average Bonchev–Trinajstić information content (AvgIpc) is 3.68. The second kappa shape index (κ2) is 10.6. The zero-order chi connectivity index (χ0) is 27.7. The minimum atomic E-state index is -0.914. The number of methoxy groups -OCH3 is 1. The van der Waals surface area contributed by atoms with E-state index >= 15 is 0 Å². The molecule has 8 heteroatoms. The first-order valence-electron chi connectivity index (χ1n) is 13.4. The monoisotopic (exact) mass is 540 g/mol. The Kier molecular flexibility index (Phi) is 7.02. The first kappa shape index (κ1) is 26.4. The van der Waals surface area contributed by atoms with Gasteiger partial charge in [0.05, 0.1) is 19.9 Å². The van der Waals surface area contributed by atoms with E-state index in [-0.39, 0.29) is 12.3 Å². The average molecular weight is 541 g/mol. The number of H-pyrrole nitrogens is 1. The lowest BCUT2D eigenvalue weighted by molar-refractivity contribution is -0.196. The van der Waals surface area contributed by atoms with Crippen molar-refractivity contribution >= 4 is 5.97 Å². The van der Waals surface area contributed by atoms with Crippen LogP contribution in [0.1, 0.15) is 52.7 Å². The van der Waals surface area contributed by atoms with Gasteiger partial charge in [-0.2, -0.15) is 5.10 Å². The van der Waals surface area contributed by atoms with Crippen LogP contribution in [-0.2, 0) is 29.3 Å². The largest absolute Gasteiger partial charge is 0.464 e. The summed E-state index contributed by atoms with van der Waals surface area (Å²) < 4.78 is 31.2. The highest BCUT2D eigenvalue weighted by molar-refractivity contribution is 5.88. The van der Waals surface area contributed by atoms with E-state index in [1.54, 1.807) is 6.20 Å². The Labute approximate surface area is 233 Å². The molecule has 1 aromatic heterocycles. The topological polar surface area (TPSA) is 91.9 Å². The molecule has 3 aromatic carbocycles. The quantitative estimate of drug-likeness (QED) is 0.244. The molecule has 8 nitrogen and oxygen atoms in total. The molecule has 0 unspecified atom stereocenters. The molecule has 4 aromatic rings. The number of nitrogens with one attached hydrogen (secondary N) is 1. The van der Waals surface area contributed by atoms with Crippen LogP contribution in [0.4, 0.5) is 0 Å². The van der Waals surface area contributed by atoms with Gasteiger partial charge in [0.25, 0.3) is 0 Å². The van der Waals surface area contributed by atoms with E-state index in [0.29, 0.717) is 5.56 Å². The van der Waals surface area contributed by atoms with Crippen LogP contribution in [0.25, 0.3) is 0 Å². The number of ether oxygens (including phenoxy) is 5. The summed E-state index contributed by atoms with van der Waals surface area (Å²) in [5.74, 6) is -1.36. The van der Waals surface area contributed by atoms with Gasteiger partial charge in [0.2, 0.25) is 0 Å². The van der Waals surface area contributed by atoms with E-state index in [4.69, 9.17) is 23.7 Å². The lowest BCUT2D eigenvalue weighted by Gasteiger charge is -2.37. The molecule has 4 atom stereocenters. The first-order chi connectivity index (χ1) is 19.4. The number of aromatic amines is 1. The number of nitrogens with zero attached hydrogens (tertiary/aromatic N) is 1. The van der Waals surface area contributed by atoms with Crippen molar-refractivity contribution < 1.29 is 28.5 Å². The predicted octanol–water partition coefficient (Wildman–Crippen LogP) is 5.17. The van der Waals surface area contributed by atoms with Gasteiger partial charge in [-0.1, -0.05) is 91.0 Å². The van der Waals surface area contributed by atoms with Crippen molar-refractivity contribution in [2.75, 3.05) is 13.7 Å². The van der Waals surface area contributed by atoms with Crippen LogP contribution in [0.15, 0.2) is 97.2 Å². The van der Waals surface area contributed by atoms with Crippen molar-refractivity contribution in [2.24, 2.45) is 0 Å². The van der Waals surface area contributed by atoms with Crippen molar-refractivity contribution in [3.05, 3.63) is 125 Å². The summed E-state index contributed by atoms with van der Waals surface area (Å²) in [7, 11) is 1.33. The lowest BCUT2D eigenvalue weighted by Crippen LogP contribution is -2.39. The minimum Gasteiger partial charge on any atom is -0.464 e. The van der Waals surface area contributed by atoms with Crippen molar-refractivity contribution in [3.8, 4) is 0 Å². The number of aromatic nitrogens is 2. The van der Waals surface area contributed by atoms with Gasteiger partial charge in [0, 0.05) is 5.56 Å². The number of hydrogen-bond donors (Lipinski definition) is 1. The SMILES string of the molecule is COC(=O)c1[nH]ncc1[C@@H]1O[C@H](COC(c2ccccc2)(c2ccccc2)c2ccccc2)[C@H]2OC(C)(C)O[C@H]21. The van der Waals surface area contributed by atoms with Crippen LogP contribution < -0.4 is 0 Å². The van der Waals surface area contributed by atoms with Crippen molar-refractivity contribution in [3.63, 3.8) is 0 Å². The van der Waals surface area contributed by atoms with E-state index in [2.05, 4.69) is 46.6 Å². The molecule has 2 aliphatic rings. The molecule has 0 aliphatic carbocycles. The third kappa shape index (κ3) is 4.63. The zero-order valence-electron chi connectivity index (χ0n) is 22.7. The molecule has 2 fully saturated rings. The van der Waals surface area contributed by atoms with Gasteiger partial charge in [0.15, 0.2) is 5.79 Å². The Morgan fingerprint density at radius 3 is 1.93 bits per heavy atom. The maximum atomic E-state index is 12.4. The summed E-state index contributed by atoms with van der Waals surface area (Å²) in [4.78, 5) is 12.4. The second-order valence-electron chi connectivity index (χ2n) is 10.4. The van der Waals surface area contributed by atoms with Crippen LogP contribution in [0, 0.1) is 0 Å². The molecule has 3 heterocycles. The van der Waals surface area contributed by atoms with Gasteiger partial charge in [-0.05, 0) is 30.5 Å². The number of rotatable bonds is 8. The fourth-order valence-corrected chi connectivity index (χ4v) is 5.82. The Balaban J connectivity index is 1.39. The standard InChI is InChI=1S/C32H32N2O6/c1-31(2)39-28-25(38-27(29(28)40-31)24-19-33-34-26(24)30(35)36-3)20-37-32(21-13-7-4-8-14-21,22-15-9-5-10-16-22)23-17-11-6-12-18-23/h4-19,25,27-29H,20H2,1-3H3,(H,33,34)/t25-,27+,28-,29+/m1/s1. The molecule has 0 saturated carbocycles. The predicted molar refractivity (Wildman–Crippen MR) is 147 cm³/mol. The Bertz CT molecular complexity index is 1340. The first-order valence-corrected chi connectivity index (χ1v) is 13.4. The summed E-state index contributed by atoms with van der Waals surface area (Å²) in [5.41, 5.74) is 2.85. The molecular weight excluding hydrogens is 508 g/mol. The van der Waals surface area contributed by atoms with E-state index < -0.39 is 41.8 Å². The zero-order valence-corrected chi connectivity index (χ0v) is 22.7. The van der Waals surface area contributed by atoms with Gasteiger partial charge in [0.1, 0.15) is 35.7 Å². The minimum absolute atomic E-state index is 0.196. The molecule has 0 spiro atoms. The fraction of sp³-hybridized carbons (Fsp3) is 0.312. The molecule has 0 bridgehead atoms. The normalized spacial score (nSPS) is 23.6. The van der Waals surface area contributed by atoms with Crippen molar-refractivity contribution in [1.29, 1.82) is 0 Å². The summed E-state index contributed by atoms with van der Waals surface area (Å²) in [6.45, 7) is 3.94. The number of carbonyl (C=O) groups excluding carboxylic acids is 1. The smallest absolute Gasteiger partial charge is 0.356 e. The van der Waals surface area contributed by atoms with Gasteiger partial charge < -0.3 is 23.7 Å². The maximum absolute atomic E-state index is 12.4. The van der Waals surface area contributed by atoms with Crippen LogP contribution in [0.2, 0.25) is 0 Å². The molecule has 2 aliphatic heterocycles. The molecule has 1 N–H and O–H groups in total. The van der Waals surface area contributed by atoms with Crippen LogP contribution in [0.3, 0.4) is 0 Å². The van der Waals surface area contributed by atoms with Gasteiger partial charge in [-0.3, -0.25) is 5.10 Å². The molecule has 40 heavy (non-hydrogen) atoms. The summed E-state index contributed by atoms with van der Waals surface area (Å²) >= 11 is 0. The van der Waals surface area contributed by atoms with Crippen LogP contribution in [-0.4, -0.2) is 54.0 Å². The number of esters is 1. The number of carbonyl (C=O) groups is 1. The summed E-state index contributed by atoms with van der Waals surface area (Å²) in [6, 6.07) is 30.5. The Morgan fingerprint density at radius 2 is 1.40 bits per heavy atom. The number of fused-ring (bicyclic) bond motifs is 1. The van der Waals surface area contributed by atoms with Gasteiger partial charge in [-0.15, -0.1) is 0 Å². The molecule has 2 saturated heterocycles. The van der Waals surface area contributed by atoms with E-state index in [1.807, 2.05) is 68.4 Å². The molecule has 206 valence electrons. The highest BCUT2D eigenvalue weighted by atomic mass is 16.8. The van der Waals surface area contributed by atoms with Crippen molar-refractivity contribution in [1.82, 2.24) is 10.2 Å². The van der Waals surface area contributed by atoms with Crippen LogP contribution in [0.5, 0.6) is 0 Å². The lowest BCUT2D eigenvalue weighted by atomic mass is 9.80. The van der Waals surface area contributed by atoms with Crippen LogP contribution >= 0.6 is 0 Å². The highest BCUT2D eigenvalue weighted by Crippen LogP contribution is 2.47. The molecule has 0 amide bonds. The van der Waals surface area contributed by atoms with Gasteiger partial charge >= 0.3 is 5.97 Å². The molecule has 6 rings (SSSR count). The third-order valence-corrected chi connectivity index (χ3v) is 7.52. The number of hydrogen-bond acceptors (Lipinski definition) is 7. The molecule has 0 radical (unpaired) electrons. The van der Waals surface area contributed by atoms with E-state index in [9.17, 15) is 4.79 Å². The Hall–Kier alpha value is -3.82. The van der Waals surface area contributed by atoms with E-state index in [1.165, 1.54) is 7.11 Å². The fourth-order valence-electron chi connectivity index (χ4n) is 5.82. The second-order valence-corrected chi connectivity index (χ2v) is 10.4. The molecular formula is C32H32N2O6. The van der Waals surface area contributed by atoms with Gasteiger partial charge in [-0.25, -0.2) is 4.79 Å². The maximum Gasteiger partial charge on any atom is 0.356 e. The van der Waals surface area contributed by atoms with E-state index in [0.717, 1.165) is 16.7 Å². The highest BCUT2D eigenvalue weighted by Gasteiger charge is 2.57. The Morgan fingerprint density at radius 1 is 0.875 bits per heavy atom. The number of benzene rings is 3. The summed E-state index contributed by atoms with van der Waals surface area (Å²) in [5, 5.41) is 6.82. The van der Waals surface area contributed by atoms with Crippen molar-refractivity contribution in [2.45, 2.75) is 49.7 Å². The third-order valence-electron chi connectivity index (χ3n) is 7.52. The summed E-state index contributed by atoms with van der Waals surface area (Å²) in [6.07, 6.45) is -0.418.